The molecule has 5 heteroatoms. The van der Waals surface area contributed by atoms with E-state index in [2.05, 4.69) is 15.3 Å². The smallest absolute Gasteiger partial charge is 0.221 e. The number of nitrogens with one attached hydrogen (secondary N) is 1. The van der Waals surface area contributed by atoms with Crippen molar-refractivity contribution in [3.05, 3.63) is 11.8 Å². The molecule has 72 valence electrons. The van der Waals surface area contributed by atoms with Crippen LogP contribution in [-0.2, 0) is 6.54 Å². The highest BCUT2D eigenvalue weighted by Crippen LogP contribution is 2.17. The van der Waals surface area contributed by atoms with Crippen molar-refractivity contribution in [2.24, 2.45) is 0 Å². The van der Waals surface area contributed by atoms with Crippen LogP contribution in [0.1, 0.15) is 5.56 Å². The molecule has 0 saturated heterocycles. The third kappa shape index (κ3) is 2.57. The van der Waals surface area contributed by atoms with E-state index in [1.807, 2.05) is 13.3 Å². The summed E-state index contributed by atoms with van der Waals surface area (Å²) in [6, 6.07) is 0. The Morgan fingerprint density at radius 1 is 1.62 bits per heavy atom. The number of rotatable bonds is 4. The molecule has 0 aliphatic rings. The van der Waals surface area contributed by atoms with E-state index < -0.39 is 0 Å². The Labute approximate surface area is 82.1 Å². The minimum atomic E-state index is 0.647. The monoisotopic (exact) mass is 199 g/mol. The molecule has 4 nitrogen and oxygen atoms in total. The van der Waals surface area contributed by atoms with Crippen molar-refractivity contribution < 1.29 is 4.74 Å². The molecule has 1 rings (SSSR count). The second-order valence-corrected chi connectivity index (χ2v) is 3.19. The molecule has 0 unspecified atom stereocenters. The van der Waals surface area contributed by atoms with Crippen LogP contribution in [0.4, 0.5) is 0 Å². The predicted molar refractivity (Wildman–Crippen MR) is 53.1 cm³/mol. The first-order valence-corrected chi connectivity index (χ1v) is 5.12. The maximum atomic E-state index is 5.14. The molecule has 13 heavy (non-hydrogen) atoms. The summed E-state index contributed by atoms with van der Waals surface area (Å²) >= 11 is 1.50. The minimum absolute atomic E-state index is 0.647. The van der Waals surface area contributed by atoms with Gasteiger partial charge < -0.3 is 10.1 Å². The first-order valence-electron chi connectivity index (χ1n) is 3.90. The lowest BCUT2D eigenvalue weighted by molar-refractivity contribution is 0.385. The predicted octanol–water partition coefficient (Wildman–Crippen LogP) is 0.927. The van der Waals surface area contributed by atoms with Crippen LogP contribution in [0.15, 0.2) is 11.4 Å². The fourth-order valence-electron chi connectivity index (χ4n) is 0.963. The van der Waals surface area contributed by atoms with Crippen LogP contribution in [0.3, 0.4) is 0 Å². The molecule has 0 aliphatic carbocycles. The number of methoxy groups -OCH3 is 1. The molecule has 0 amide bonds. The summed E-state index contributed by atoms with van der Waals surface area (Å²) in [5, 5.41) is 3.76. The van der Waals surface area contributed by atoms with Gasteiger partial charge in [-0.25, -0.2) is 4.98 Å². The number of hydrogen-bond acceptors (Lipinski definition) is 5. The van der Waals surface area contributed by atoms with Gasteiger partial charge in [-0.15, -0.1) is 0 Å². The van der Waals surface area contributed by atoms with Crippen LogP contribution in [-0.4, -0.2) is 30.4 Å². The van der Waals surface area contributed by atoms with Gasteiger partial charge in [-0.3, -0.25) is 0 Å². The van der Waals surface area contributed by atoms with E-state index in [4.69, 9.17) is 4.74 Å². The zero-order valence-corrected chi connectivity index (χ0v) is 8.81. The van der Waals surface area contributed by atoms with E-state index in [1.165, 1.54) is 11.8 Å². The molecular formula is C8H13N3OS. The van der Waals surface area contributed by atoms with E-state index in [9.17, 15) is 0 Å². The topological polar surface area (TPSA) is 47.0 Å². The van der Waals surface area contributed by atoms with E-state index in [-0.39, 0.29) is 0 Å². The van der Waals surface area contributed by atoms with Gasteiger partial charge in [0.25, 0.3) is 0 Å². The van der Waals surface area contributed by atoms with Crippen LogP contribution < -0.4 is 10.1 Å². The van der Waals surface area contributed by atoms with Crippen LogP contribution >= 0.6 is 11.8 Å². The summed E-state index contributed by atoms with van der Waals surface area (Å²) in [5.41, 5.74) is 0.975. The second kappa shape index (κ2) is 5.04. The highest BCUT2D eigenvalue weighted by molar-refractivity contribution is 7.98. The van der Waals surface area contributed by atoms with Gasteiger partial charge in [0.1, 0.15) is 0 Å². The number of nitrogens with zero attached hydrogens (tertiary/aromatic N) is 2. The van der Waals surface area contributed by atoms with Crippen LogP contribution in [0.25, 0.3) is 0 Å². The van der Waals surface area contributed by atoms with Crippen molar-refractivity contribution in [2.45, 2.75) is 11.7 Å². The average molecular weight is 199 g/mol. The molecule has 1 aromatic heterocycles. The Bertz CT molecular complexity index is 280. The first-order chi connectivity index (χ1) is 6.31. The minimum Gasteiger partial charge on any atom is -0.481 e. The molecule has 1 aromatic rings. The van der Waals surface area contributed by atoms with Gasteiger partial charge in [0.05, 0.1) is 7.11 Å². The molecule has 0 fully saturated rings. The Morgan fingerprint density at radius 3 is 2.92 bits per heavy atom. The zero-order valence-electron chi connectivity index (χ0n) is 8.00. The lowest BCUT2D eigenvalue weighted by Gasteiger charge is -2.06. The second-order valence-electron chi connectivity index (χ2n) is 2.42. The number of thioether (sulfide) groups is 1. The Morgan fingerprint density at radius 2 is 2.38 bits per heavy atom. The molecule has 0 atom stereocenters. The SMILES string of the molecule is CNCc1cnc(SC)nc1OC. The number of hydrogen-bond donors (Lipinski definition) is 1. The fourth-order valence-corrected chi connectivity index (χ4v) is 1.30. The Kier molecular flexibility index (Phi) is 3.98. The third-order valence-electron chi connectivity index (χ3n) is 1.55. The molecule has 0 aliphatic heterocycles. The van der Waals surface area contributed by atoms with Gasteiger partial charge in [-0.05, 0) is 13.3 Å². The van der Waals surface area contributed by atoms with E-state index in [0.29, 0.717) is 5.88 Å². The van der Waals surface area contributed by atoms with E-state index in [0.717, 1.165) is 17.3 Å². The van der Waals surface area contributed by atoms with E-state index >= 15 is 0 Å². The third-order valence-corrected chi connectivity index (χ3v) is 2.11. The van der Waals surface area contributed by atoms with Crippen LogP contribution in [0.2, 0.25) is 0 Å². The normalized spacial score (nSPS) is 10.1. The zero-order chi connectivity index (χ0) is 9.68. The van der Waals surface area contributed by atoms with Gasteiger partial charge >= 0.3 is 0 Å². The molecule has 0 bridgehead atoms. The summed E-state index contributed by atoms with van der Waals surface area (Å²) < 4.78 is 5.14. The van der Waals surface area contributed by atoms with Crippen molar-refractivity contribution >= 4 is 11.8 Å². The molecular weight excluding hydrogens is 186 g/mol. The van der Waals surface area contributed by atoms with Crippen molar-refractivity contribution in [1.82, 2.24) is 15.3 Å². The lowest BCUT2D eigenvalue weighted by Crippen LogP contribution is -2.08. The maximum Gasteiger partial charge on any atom is 0.221 e. The Hall–Kier alpha value is -0.810. The maximum absolute atomic E-state index is 5.14. The van der Waals surface area contributed by atoms with Gasteiger partial charge in [0.15, 0.2) is 5.16 Å². The summed E-state index contributed by atoms with van der Waals surface area (Å²) in [6.07, 6.45) is 3.72. The van der Waals surface area contributed by atoms with Gasteiger partial charge in [0.2, 0.25) is 5.88 Å². The average Bonchev–Trinajstić information content (AvgIpc) is 2.19. The van der Waals surface area contributed by atoms with Crippen LogP contribution in [0, 0.1) is 0 Å². The molecule has 0 spiro atoms. The van der Waals surface area contributed by atoms with E-state index in [1.54, 1.807) is 13.3 Å². The quantitative estimate of drug-likeness (QED) is 0.577. The summed E-state index contributed by atoms with van der Waals surface area (Å²) in [7, 11) is 3.49. The van der Waals surface area contributed by atoms with Gasteiger partial charge in [0, 0.05) is 18.3 Å². The summed E-state index contributed by atoms with van der Waals surface area (Å²) in [6.45, 7) is 0.720. The highest BCUT2D eigenvalue weighted by Gasteiger charge is 2.05. The van der Waals surface area contributed by atoms with Crippen molar-refractivity contribution in [2.75, 3.05) is 20.4 Å². The Balaban J connectivity index is 2.93. The summed E-state index contributed by atoms with van der Waals surface area (Å²) in [5.74, 6) is 0.647. The molecule has 0 radical (unpaired) electrons. The largest absolute Gasteiger partial charge is 0.481 e. The van der Waals surface area contributed by atoms with Gasteiger partial charge in [-0.2, -0.15) is 4.98 Å². The highest BCUT2D eigenvalue weighted by atomic mass is 32.2. The lowest BCUT2D eigenvalue weighted by atomic mass is 10.3. The van der Waals surface area contributed by atoms with Crippen molar-refractivity contribution in [3.8, 4) is 5.88 Å². The standard InChI is InChI=1S/C8H13N3OS/c1-9-4-6-5-10-8(13-3)11-7(6)12-2/h5,9H,4H2,1-3H3. The molecule has 1 heterocycles. The van der Waals surface area contributed by atoms with Crippen molar-refractivity contribution in [1.29, 1.82) is 0 Å². The molecule has 0 saturated carbocycles. The van der Waals surface area contributed by atoms with Crippen molar-refractivity contribution in [3.63, 3.8) is 0 Å². The first kappa shape index (κ1) is 10.3. The summed E-state index contributed by atoms with van der Waals surface area (Å²) in [4.78, 5) is 8.37. The fraction of sp³-hybridized carbons (Fsp3) is 0.500. The van der Waals surface area contributed by atoms with Crippen LogP contribution in [0.5, 0.6) is 5.88 Å². The molecule has 1 N–H and O–H groups in total. The molecule has 0 aromatic carbocycles. The number of ether oxygens (including phenoxy) is 1. The van der Waals surface area contributed by atoms with Gasteiger partial charge in [-0.1, -0.05) is 11.8 Å². The number of aromatic nitrogens is 2.